The van der Waals surface area contributed by atoms with E-state index in [0.717, 1.165) is 62.3 Å². The van der Waals surface area contributed by atoms with E-state index >= 15 is 0 Å². The first-order valence-corrected chi connectivity index (χ1v) is 11.8. The van der Waals surface area contributed by atoms with Crippen molar-refractivity contribution in [2.75, 3.05) is 46.3 Å². The third-order valence-corrected chi connectivity index (χ3v) is 7.05. The van der Waals surface area contributed by atoms with E-state index in [1.165, 1.54) is 24.1 Å². The highest BCUT2D eigenvalue weighted by Crippen LogP contribution is 2.21. The van der Waals surface area contributed by atoms with E-state index in [9.17, 15) is 4.79 Å². The van der Waals surface area contributed by atoms with E-state index in [4.69, 9.17) is 0 Å². The number of nitrogens with zero attached hydrogens (tertiary/aromatic N) is 5. The molecule has 0 N–H and O–H groups in total. The molecule has 32 heavy (non-hydrogen) atoms. The number of aromatic nitrogens is 2. The first-order chi connectivity index (χ1) is 15.6. The average Bonchev–Trinajstić information content (AvgIpc) is 3.38. The summed E-state index contributed by atoms with van der Waals surface area (Å²) in [7, 11) is 2.20. The maximum atomic E-state index is 13.1. The topological polar surface area (TPSA) is 44.6 Å². The van der Waals surface area contributed by atoms with Crippen molar-refractivity contribution in [2.45, 2.75) is 32.4 Å². The molecule has 1 atom stereocenters. The number of likely N-dealkylation sites (tertiary alicyclic amines) is 1. The molecule has 168 valence electrons. The average molecular weight is 432 g/mol. The number of amides is 1. The second-order valence-electron chi connectivity index (χ2n) is 9.45. The van der Waals surface area contributed by atoms with Crippen LogP contribution in [-0.4, -0.2) is 82.5 Å². The lowest BCUT2D eigenvalue weighted by atomic mass is 10.1. The van der Waals surface area contributed by atoms with Crippen molar-refractivity contribution < 1.29 is 4.79 Å². The normalized spacial score (nSPS) is 20.7. The van der Waals surface area contributed by atoms with Crippen molar-refractivity contribution in [3.63, 3.8) is 0 Å². The Kier molecular flexibility index (Phi) is 5.98. The zero-order chi connectivity index (χ0) is 22.1. The Morgan fingerprint density at radius 3 is 2.72 bits per heavy atom. The molecule has 0 saturated carbocycles. The number of benzene rings is 2. The first kappa shape index (κ1) is 21.2. The fraction of sp³-hybridized carbons (Fsp3) is 0.462. The van der Waals surface area contributed by atoms with Crippen molar-refractivity contribution in [2.24, 2.45) is 0 Å². The predicted molar refractivity (Wildman–Crippen MR) is 128 cm³/mol. The Labute approximate surface area is 190 Å². The second kappa shape index (κ2) is 9.04. The van der Waals surface area contributed by atoms with Gasteiger partial charge in [0.1, 0.15) is 0 Å². The molecule has 1 aromatic heterocycles. The van der Waals surface area contributed by atoms with Gasteiger partial charge in [0.25, 0.3) is 5.91 Å². The van der Waals surface area contributed by atoms with Gasteiger partial charge in [0, 0.05) is 44.3 Å². The Bertz CT molecular complexity index is 1090. The molecule has 0 radical (unpaired) electrons. The Morgan fingerprint density at radius 1 is 1.03 bits per heavy atom. The maximum absolute atomic E-state index is 13.1. The first-order valence-electron chi connectivity index (χ1n) is 11.8. The largest absolute Gasteiger partial charge is 0.337 e. The molecule has 5 rings (SSSR count). The molecule has 0 aliphatic carbocycles. The van der Waals surface area contributed by atoms with Crippen molar-refractivity contribution in [1.29, 1.82) is 0 Å². The summed E-state index contributed by atoms with van der Waals surface area (Å²) in [6, 6.07) is 15.0. The molecular formula is C26H33N5O. The van der Waals surface area contributed by atoms with E-state index in [2.05, 4.69) is 63.7 Å². The quantitative estimate of drug-likeness (QED) is 0.636. The maximum Gasteiger partial charge on any atom is 0.253 e. The van der Waals surface area contributed by atoms with Crippen molar-refractivity contribution >= 4 is 16.9 Å². The second-order valence-corrected chi connectivity index (χ2v) is 9.45. The van der Waals surface area contributed by atoms with Gasteiger partial charge in [0.2, 0.25) is 0 Å². The van der Waals surface area contributed by atoms with Crippen molar-refractivity contribution in [3.05, 3.63) is 65.5 Å². The summed E-state index contributed by atoms with van der Waals surface area (Å²) in [6.45, 7) is 9.11. The molecule has 1 unspecified atom stereocenters. The number of rotatable bonds is 4. The van der Waals surface area contributed by atoms with Gasteiger partial charge in [-0.1, -0.05) is 18.2 Å². The molecule has 6 heteroatoms. The van der Waals surface area contributed by atoms with Crippen molar-refractivity contribution in [1.82, 2.24) is 24.3 Å². The van der Waals surface area contributed by atoms with Gasteiger partial charge in [-0.25, -0.2) is 4.98 Å². The standard InChI is InChI=1S/C26H33N5O/c1-20-4-9-25-24(16-20)27-19-31(25)17-21-5-7-22(8-6-21)26(32)30-13-10-23(18-30)29-12-3-11-28(2)14-15-29/h4-9,16,19,23H,3,10-15,17-18H2,1-2H3. The van der Waals surface area contributed by atoms with E-state index in [1.807, 2.05) is 23.4 Å². The van der Waals surface area contributed by atoms with Crippen LogP contribution in [0.2, 0.25) is 0 Å². The number of hydrogen-bond acceptors (Lipinski definition) is 4. The molecule has 2 aliphatic rings. The van der Waals surface area contributed by atoms with Crippen molar-refractivity contribution in [3.8, 4) is 0 Å². The van der Waals surface area contributed by atoms with Gasteiger partial charge in [0.05, 0.1) is 17.4 Å². The van der Waals surface area contributed by atoms with Gasteiger partial charge in [-0.15, -0.1) is 0 Å². The summed E-state index contributed by atoms with van der Waals surface area (Å²) in [5.41, 5.74) is 5.35. The molecule has 2 aliphatic heterocycles. The Hall–Kier alpha value is -2.70. The van der Waals surface area contributed by atoms with Gasteiger partial charge >= 0.3 is 0 Å². The van der Waals surface area contributed by atoms with E-state index < -0.39 is 0 Å². The van der Waals surface area contributed by atoms with E-state index in [-0.39, 0.29) is 5.91 Å². The monoisotopic (exact) mass is 431 g/mol. The lowest BCUT2D eigenvalue weighted by molar-refractivity contribution is 0.0777. The number of hydrogen-bond donors (Lipinski definition) is 0. The van der Waals surface area contributed by atoms with E-state index in [1.54, 1.807) is 0 Å². The molecule has 3 heterocycles. The zero-order valence-corrected chi connectivity index (χ0v) is 19.2. The predicted octanol–water partition coefficient (Wildman–Crippen LogP) is 3.25. The van der Waals surface area contributed by atoms with Crippen LogP contribution in [-0.2, 0) is 6.54 Å². The van der Waals surface area contributed by atoms with Gasteiger partial charge in [-0.2, -0.15) is 0 Å². The lowest BCUT2D eigenvalue weighted by Gasteiger charge is -2.27. The summed E-state index contributed by atoms with van der Waals surface area (Å²) in [5, 5.41) is 0. The summed E-state index contributed by atoms with van der Waals surface area (Å²) in [4.78, 5) is 24.7. The third kappa shape index (κ3) is 4.43. The minimum Gasteiger partial charge on any atom is -0.337 e. The summed E-state index contributed by atoms with van der Waals surface area (Å²) >= 11 is 0. The molecule has 0 bridgehead atoms. The summed E-state index contributed by atoms with van der Waals surface area (Å²) in [6.07, 6.45) is 4.20. The molecular weight excluding hydrogens is 398 g/mol. The highest BCUT2D eigenvalue weighted by molar-refractivity contribution is 5.94. The number of likely N-dealkylation sites (N-methyl/N-ethyl adjacent to an activating group) is 1. The fourth-order valence-corrected chi connectivity index (χ4v) is 5.09. The van der Waals surface area contributed by atoms with Crippen LogP contribution < -0.4 is 0 Å². The van der Waals surface area contributed by atoms with Crippen LogP contribution in [0.1, 0.15) is 34.3 Å². The van der Waals surface area contributed by atoms with Crippen LogP contribution in [0, 0.1) is 6.92 Å². The third-order valence-electron chi connectivity index (χ3n) is 7.05. The highest BCUT2D eigenvalue weighted by Gasteiger charge is 2.31. The van der Waals surface area contributed by atoms with Crippen LogP contribution >= 0.6 is 0 Å². The zero-order valence-electron chi connectivity index (χ0n) is 19.2. The SMILES string of the molecule is Cc1ccc2c(c1)ncn2Cc1ccc(C(=O)N2CCC(N3CCCN(C)CC3)C2)cc1. The van der Waals surface area contributed by atoms with Crippen LogP contribution in [0.4, 0.5) is 0 Å². The number of fused-ring (bicyclic) bond motifs is 1. The number of carbonyl (C=O) groups is 1. The van der Waals surface area contributed by atoms with Gasteiger partial charge in [0.15, 0.2) is 0 Å². The summed E-state index contributed by atoms with van der Waals surface area (Å²) < 4.78 is 2.16. The molecule has 0 spiro atoms. The molecule has 1 amide bonds. The highest BCUT2D eigenvalue weighted by atomic mass is 16.2. The van der Waals surface area contributed by atoms with Crippen LogP contribution in [0.25, 0.3) is 11.0 Å². The Morgan fingerprint density at radius 2 is 1.88 bits per heavy atom. The Balaban J connectivity index is 1.21. The number of imidazole rings is 1. The summed E-state index contributed by atoms with van der Waals surface area (Å²) in [5.74, 6) is 0.162. The molecule has 2 fully saturated rings. The minimum atomic E-state index is 0.162. The number of carbonyl (C=O) groups excluding carboxylic acids is 1. The van der Waals surface area contributed by atoms with E-state index in [0.29, 0.717) is 6.04 Å². The fourth-order valence-electron chi connectivity index (χ4n) is 5.09. The lowest BCUT2D eigenvalue weighted by Crippen LogP contribution is -2.40. The van der Waals surface area contributed by atoms with Crippen LogP contribution in [0.3, 0.4) is 0 Å². The number of aryl methyl sites for hydroxylation is 1. The van der Waals surface area contributed by atoms with Gasteiger partial charge in [-0.3, -0.25) is 9.69 Å². The molecule has 2 saturated heterocycles. The van der Waals surface area contributed by atoms with Gasteiger partial charge < -0.3 is 14.4 Å². The van der Waals surface area contributed by atoms with Crippen LogP contribution in [0.15, 0.2) is 48.8 Å². The molecule has 3 aromatic rings. The smallest absolute Gasteiger partial charge is 0.253 e. The van der Waals surface area contributed by atoms with Crippen LogP contribution in [0.5, 0.6) is 0 Å². The van der Waals surface area contributed by atoms with Gasteiger partial charge in [-0.05, 0) is 75.3 Å². The molecule has 2 aromatic carbocycles. The molecule has 6 nitrogen and oxygen atoms in total. The minimum absolute atomic E-state index is 0.162.